The zero-order valence-corrected chi connectivity index (χ0v) is 35.0. The van der Waals surface area contributed by atoms with Crippen LogP contribution >= 0.6 is 11.3 Å². The van der Waals surface area contributed by atoms with E-state index in [1.807, 2.05) is 6.07 Å². The highest BCUT2D eigenvalue weighted by Gasteiger charge is 2.45. The highest BCUT2D eigenvalue weighted by atomic mass is 32.1. The number of rotatable bonds is 10. The maximum Gasteiger partial charge on any atom is 0.262 e. The van der Waals surface area contributed by atoms with Crippen LogP contribution in [-0.4, -0.2) is 112 Å². The van der Waals surface area contributed by atoms with Crippen LogP contribution < -0.4 is 15.5 Å². The number of piperidine rings is 3. The monoisotopic (exact) mass is 873 g/mol. The smallest absolute Gasteiger partial charge is 0.262 e. The molecule has 63 heavy (non-hydrogen) atoms. The van der Waals surface area contributed by atoms with E-state index in [4.69, 9.17) is 4.74 Å². The first-order valence-corrected chi connectivity index (χ1v) is 22.0. The molecule has 2 unspecified atom stereocenters. The predicted molar refractivity (Wildman–Crippen MR) is 228 cm³/mol. The summed E-state index contributed by atoms with van der Waals surface area (Å²) in [5, 5.41) is 17.6. The van der Waals surface area contributed by atoms with Crippen molar-refractivity contribution in [2.24, 2.45) is 5.92 Å². The lowest BCUT2D eigenvalue weighted by Gasteiger charge is -2.38. The molecule has 3 saturated heterocycles. The molecule has 5 aliphatic heterocycles. The normalized spacial score (nSPS) is 20.0. The summed E-state index contributed by atoms with van der Waals surface area (Å²) < 4.78 is 20.6. The zero-order valence-electron chi connectivity index (χ0n) is 34.2. The minimum absolute atomic E-state index is 0.0440. The minimum atomic E-state index is -1.34. The Kier molecular flexibility index (Phi) is 11.8. The molecule has 0 saturated carbocycles. The maximum atomic E-state index is 14.4. The van der Waals surface area contributed by atoms with Gasteiger partial charge in [-0.3, -0.25) is 44.3 Å². The van der Waals surface area contributed by atoms with Gasteiger partial charge in [-0.25, -0.2) is 9.37 Å². The van der Waals surface area contributed by atoms with E-state index >= 15 is 0 Å². The highest BCUT2D eigenvalue weighted by molar-refractivity contribution is 7.13. The predicted octanol–water partition coefficient (Wildman–Crippen LogP) is 4.47. The number of hydrogen-bond acceptors (Lipinski definition) is 12. The maximum absolute atomic E-state index is 14.4. The van der Waals surface area contributed by atoms with Crippen molar-refractivity contribution >= 4 is 57.6 Å². The van der Waals surface area contributed by atoms with Crippen molar-refractivity contribution in [1.82, 2.24) is 25.0 Å². The molecule has 2 atom stereocenters. The van der Waals surface area contributed by atoms with Crippen LogP contribution in [0.1, 0.15) is 92.3 Å². The summed E-state index contributed by atoms with van der Waals surface area (Å²) in [7, 11) is 0. The van der Waals surface area contributed by atoms with Crippen molar-refractivity contribution in [1.29, 1.82) is 0 Å². The number of nitrogens with one attached hydrogen (secondary N) is 2. The molecule has 17 heteroatoms. The van der Waals surface area contributed by atoms with Gasteiger partial charge in [-0.05, 0) is 86.1 Å². The second kappa shape index (κ2) is 17.7. The number of phenols is 1. The van der Waals surface area contributed by atoms with Gasteiger partial charge in [-0.15, -0.1) is 11.3 Å². The summed E-state index contributed by atoms with van der Waals surface area (Å²) in [6, 6.07) is 11.6. The van der Waals surface area contributed by atoms with Crippen LogP contribution in [0, 0.1) is 23.6 Å². The summed E-state index contributed by atoms with van der Waals surface area (Å²) >= 11 is 1.19. The molecular formula is C46H44FN7O8S. The molecule has 9 rings (SSSR count). The third kappa shape index (κ3) is 8.53. The number of fused-ring (bicyclic) bond motifs is 2. The highest BCUT2D eigenvalue weighted by Crippen LogP contribution is 2.38. The van der Waals surface area contributed by atoms with Gasteiger partial charge in [0.05, 0.1) is 22.8 Å². The lowest BCUT2D eigenvalue weighted by molar-refractivity contribution is -0.136. The molecule has 3 aromatic carbocycles. The summed E-state index contributed by atoms with van der Waals surface area (Å²) in [5.74, 6) is 2.57. The fraction of sp³-hybridized carbons (Fsp3) is 0.370. The largest absolute Gasteiger partial charge is 0.508 e. The third-order valence-corrected chi connectivity index (χ3v) is 13.2. The molecule has 15 nitrogen and oxygen atoms in total. The van der Waals surface area contributed by atoms with Gasteiger partial charge in [0.15, 0.2) is 5.13 Å². The Balaban J connectivity index is 0.750. The Labute approximate surface area is 366 Å². The number of amides is 6. The number of benzene rings is 3. The number of anilines is 2. The summed E-state index contributed by atoms with van der Waals surface area (Å²) in [4.78, 5) is 89.3. The second-order valence-electron chi connectivity index (χ2n) is 16.4. The molecule has 6 amide bonds. The van der Waals surface area contributed by atoms with Crippen molar-refractivity contribution in [3.8, 4) is 17.6 Å². The number of halogens is 1. The number of likely N-dealkylation sites (tertiary alicyclic amines) is 1. The van der Waals surface area contributed by atoms with Crippen molar-refractivity contribution in [2.75, 3.05) is 49.5 Å². The molecular weight excluding hydrogens is 830 g/mol. The fourth-order valence-electron chi connectivity index (χ4n) is 9.29. The molecule has 324 valence electrons. The Bertz CT molecular complexity index is 2560. The second-order valence-corrected chi connectivity index (χ2v) is 17.3. The Morgan fingerprint density at radius 2 is 1.75 bits per heavy atom. The number of aromatic nitrogens is 1. The summed E-state index contributed by atoms with van der Waals surface area (Å²) in [5.41, 5.74) is 2.89. The van der Waals surface area contributed by atoms with Crippen LogP contribution in [0.25, 0.3) is 0 Å². The number of aromatic hydroxyl groups is 1. The van der Waals surface area contributed by atoms with Crippen LogP contribution in [0.5, 0.6) is 5.75 Å². The van der Waals surface area contributed by atoms with Gasteiger partial charge in [0.2, 0.25) is 11.8 Å². The molecule has 4 aromatic rings. The van der Waals surface area contributed by atoms with E-state index in [1.165, 1.54) is 22.4 Å². The Morgan fingerprint density at radius 1 is 0.952 bits per heavy atom. The average molecular weight is 874 g/mol. The number of carbonyl (C=O) groups excluding carboxylic acids is 6. The van der Waals surface area contributed by atoms with E-state index in [0.29, 0.717) is 27.7 Å². The summed E-state index contributed by atoms with van der Waals surface area (Å²) in [6.45, 7) is 4.64. The standard InChI is InChI=1S/C46H44FN7O8S/c47-30-6-10-37(55)35(23-30)40(42(58)50-46-48-16-22-63-46)53-26-29-4-1-3-28(39(29)45(53)61)5-2-21-62-32-14-17-51(18-15-32)25-27-12-19-52(20-13-27)31-7-8-33-34(24-31)44(60)54(43(33)59)36-9-11-38(56)49-41(36)57/h1,3-4,6-8,10,16,22-24,27,32,36,40,55H,9,11-15,17-21,25-26H2,(H,48,50,58)(H,49,56,57). The number of ether oxygens (including phenoxy) is 1. The lowest BCUT2D eigenvalue weighted by Crippen LogP contribution is -2.54. The molecule has 0 radical (unpaired) electrons. The number of imide groups is 2. The molecule has 0 spiro atoms. The zero-order chi connectivity index (χ0) is 43.8. The van der Waals surface area contributed by atoms with Crippen LogP contribution in [0.15, 0.2) is 66.2 Å². The van der Waals surface area contributed by atoms with E-state index in [-0.39, 0.29) is 54.5 Å². The molecule has 5 aliphatic rings. The van der Waals surface area contributed by atoms with Crippen molar-refractivity contribution in [2.45, 2.75) is 63.3 Å². The van der Waals surface area contributed by atoms with E-state index in [1.54, 1.807) is 35.7 Å². The molecule has 3 fully saturated rings. The van der Waals surface area contributed by atoms with Crippen LogP contribution in [0.2, 0.25) is 0 Å². The van der Waals surface area contributed by atoms with Crippen molar-refractivity contribution in [3.63, 3.8) is 0 Å². The van der Waals surface area contributed by atoms with Gasteiger partial charge in [-0.1, -0.05) is 24.0 Å². The molecule has 0 bridgehead atoms. The Hall–Kier alpha value is -6.48. The van der Waals surface area contributed by atoms with E-state index in [9.17, 15) is 38.3 Å². The first-order chi connectivity index (χ1) is 30.5. The van der Waals surface area contributed by atoms with Gasteiger partial charge >= 0.3 is 0 Å². The molecule has 3 N–H and O–H groups in total. The van der Waals surface area contributed by atoms with E-state index in [0.717, 1.165) is 87.2 Å². The fourth-order valence-corrected chi connectivity index (χ4v) is 9.83. The minimum Gasteiger partial charge on any atom is -0.508 e. The van der Waals surface area contributed by atoms with E-state index in [2.05, 4.69) is 37.3 Å². The quantitative estimate of drug-likeness (QED) is 0.151. The Morgan fingerprint density at radius 3 is 2.51 bits per heavy atom. The topological polar surface area (TPSA) is 182 Å². The lowest BCUT2D eigenvalue weighted by atomic mass is 9.94. The van der Waals surface area contributed by atoms with Gasteiger partial charge in [0.1, 0.15) is 30.3 Å². The number of hydrogen-bond donors (Lipinski definition) is 3. The third-order valence-electron chi connectivity index (χ3n) is 12.5. The number of nitrogens with zero attached hydrogens (tertiary/aromatic N) is 5. The first kappa shape index (κ1) is 41.9. The van der Waals surface area contributed by atoms with E-state index < -0.39 is 53.3 Å². The number of carbonyl (C=O) groups is 6. The number of thiazole rings is 1. The van der Waals surface area contributed by atoms with Gasteiger partial charge in [0, 0.05) is 74.1 Å². The molecule has 0 aliphatic carbocycles. The van der Waals surface area contributed by atoms with Crippen molar-refractivity contribution in [3.05, 3.63) is 105 Å². The first-order valence-electron chi connectivity index (χ1n) is 21.1. The van der Waals surface area contributed by atoms with Gasteiger partial charge in [0.25, 0.3) is 23.6 Å². The number of phenolic OH excluding ortho intramolecular Hbond substituents is 1. The SMILES string of the molecule is O=C1CCC(N2C(=O)c3ccc(N4CCC(CN5CCC(OCC#Cc6cccc7c6C(=O)N(C(C(=O)Nc6nccs6)c6cc(F)ccc6O)C7)CC5)CC4)cc3C2=O)C(=O)N1. The summed E-state index contributed by atoms with van der Waals surface area (Å²) in [6.07, 6.45) is 5.46. The van der Waals surface area contributed by atoms with Crippen molar-refractivity contribution < 1.29 is 43.0 Å². The van der Waals surface area contributed by atoms with Crippen LogP contribution in [-0.2, 0) is 25.7 Å². The van der Waals surface area contributed by atoms with Gasteiger partial charge in [-0.2, -0.15) is 0 Å². The van der Waals surface area contributed by atoms with Gasteiger partial charge < -0.3 is 24.5 Å². The molecule has 1 aromatic heterocycles. The van der Waals surface area contributed by atoms with Crippen LogP contribution in [0.3, 0.4) is 0 Å². The average Bonchev–Trinajstić information content (AvgIpc) is 3.98. The van der Waals surface area contributed by atoms with Crippen LogP contribution in [0.4, 0.5) is 15.2 Å². The molecule has 6 heterocycles.